The van der Waals surface area contributed by atoms with Crippen molar-refractivity contribution in [3.63, 3.8) is 0 Å². The number of alkyl halides is 9. The molecule has 0 saturated carbocycles. The number of ether oxygens (including phenoxy) is 2. The van der Waals surface area contributed by atoms with Crippen LogP contribution in [0.4, 0.5) is 57.0 Å². The average molecular weight is 1590 g/mol. The van der Waals surface area contributed by atoms with Gasteiger partial charge in [0.25, 0.3) is 0 Å². The SMILES string of the molecule is C#Cc1ccc(-c2cc3c(N4CCC(c5nc(-c6ccc(C(F)(F)F)cc6)c(C)[nH]5)CC4)ncnc3[nH]2)cc1.COc1ccc(-c2nc(C3CCN(c4ncnc5[nH]c(-c6ccnc(OC)c6)cc45)CC3)[nH]c2C(F)(F)F)cc1.Cc1ccc(-c2cc3c(N4CCC(c5nc(-c6ccc(C(F)(F)F)cc6)c(C)[nH]5)CC4)ncnc3[nH]2)cc1. The number of pyridine rings is 1. The largest absolute Gasteiger partial charge is 0.497 e. The summed E-state index contributed by atoms with van der Waals surface area (Å²) in [4.78, 5) is 71.5. The van der Waals surface area contributed by atoms with Crippen LogP contribution < -0.4 is 24.2 Å². The van der Waals surface area contributed by atoms with Crippen LogP contribution in [0.2, 0.25) is 0 Å². The second kappa shape index (κ2) is 32.2. The number of H-pyrrole nitrogens is 6. The number of aromatic amines is 6. The molecule has 21 nitrogen and oxygen atoms in total. The molecule has 13 heterocycles. The van der Waals surface area contributed by atoms with Crippen LogP contribution in [-0.4, -0.2) is 133 Å². The number of benzene rings is 5. The van der Waals surface area contributed by atoms with Crippen molar-refractivity contribution in [1.29, 1.82) is 0 Å². The maximum Gasteiger partial charge on any atom is 0.433 e. The molecule has 596 valence electrons. The monoisotopic (exact) mass is 1590 g/mol. The molecule has 117 heavy (non-hydrogen) atoms. The van der Waals surface area contributed by atoms with Gasteiger partial charge >= 0.3 is 18.5 Å². The molecule has 0 bridgehead atoms. The number of terminal acetylenes is 1. The number of hydrogen-bond acceptors (Lipinski definition) is 15. The van der Waals surface area contributed by atoms with Crippen molar-refractivity contribution in [2.24, 2.45) is 0 Å². The number of rotatable bonds is 14. The van der Waals surface area contributed by atoms with Gasteiger partial charge in [-0.25, -0.2) is 49.8 Å². The third-order valence-corrected chi connectivity index (χ3v) is 21.9. The van der Waals surface area contributed by atoms with Gasteiger partial charge < -0.3 is 54.1 Å². The van der Waals surface area contributed by atoms with Crippen LogP contribution in [0.5, 0.6) is 11.6 Å². The lowest BCUT2D eigenvalue weighted by Crippen LogP contribution is -2.34. The number of aromatic nitrogens is 16. The highest BCUT2D eigenvalue weighted by Crippen LogP contribution is 2.43. The highest BCUT2D eigenvalue weighted by molar-refractivity contribution is 5.94. The molecule has 30 heteroatoms. The smallest absolute Gasteiger partial charge is 0.433 e. The van der Waals surface area contributed by atoms with E-state index in [4.69, 9.17) is 25.9 Å². The molecule has 6 N–H and O–H groups in total. The van der Waals surface area contributed by atoms with Gasteiger partial charge in [0.05, 0.1) is 52.9 Å². The maximum atomic E-state index is 13.9. The van der Waals surface area contributed by atoms with Crippen LogP contribution in [-0.2, 0) is 18.5 Å². The molecular weight excluding hydrogens is 1510 g/mol. The zero-order valence-corrected chi connectivity index (χ0v) is 64.1. The first-order valence-corrected chi connectivity index (χ1v) is 38.1. The third-order valence-electron chi connectivity index (χ3n) is 21.9. The number of halogens is 9. The van der Waals surface area contributed by atoms with E-state index in [1.807, 2.05) is 56.3 Å². The van der Waals surface area contributed by atoms with Crippen molar-refractivity contribution in [3.05, 3.63) is 234 Å². The third kappa shape index (κ3) is 16.6. The summed E-state index contributed by atoms with van der Waals surface area (Å²) in [6, 6.07) is 42.9. The minimum atomic E-state index is -4.56. The summed E-state index contributed by atoms with van der Waals surface area (Å²) in [6.07, 6.45) is 3.35. The molecule has 0 radical (unpaired) electrons. The first-order valence-electron chi connectivity index (χ1n) is 38.1. The lowest BCUT2D eigenvalue weighted by atomic mass is 9.96. The molecule has 0 amide bonds. The topological polar surface area (TPSA) is 252 Å². The van der Waals surface area contributed by atoms with Crippen LogP contribution >= 0.6 is 0 Å². The Morgan fingerprint density at radius 1 is 0.385 bits per heavy atom. The fourth-order valence-corrected chi connectivity index (χ4v) is 15.6. The number of piperidine rings is 3. The van der Waals surface area contributed by atoms with E-state index in [0.717, 1.165) is 183 Å². The number of aryl methyl sites for hydroxylation is 3. The summed E-state index contributed by atoms with van der Waals surface area (Å²) < 4.78 is 130. The van der Waals surface area contributed by atoms with Crippen molar-refractivity contribution < 1.29 is 49.0 Å². The number of nitrogens with one attached hydrogen (secondary N) is 6. The standard InChI is InChI=1S/C30H25F3N6.C29H27F3N6.C28H26F3N7O2/c1-3-19-4-6-20(7-5-19)25-16-24-28(37-25)34-17-35-29(24)39-14-12-22(13-15-39)27-36-18(2)26(38-27)21-8-10-23(11-9-21)30(31,32)33;1-17-3-5-19(6-4-17)24-15-23-27(36-24)33-16-34-28(23)38-13-11-21(12-14-38)26-35-18(2)25(37-26)20-7-9-22(10-8-20)29(30,31)32;1-39-19-5-3-16(4-6-19)23-24(28(29,30)31)37-25(36-23)17-8-11-38(12-9-17)27-20-14-21(35-26(20)33-15-34-27)18-7-10-32-22(13-18)40-2/h1,4-11,16-17,22H,12-15H2,2H3,(H,36,38)(H,34,35,37);3-10,15-16,21H,11-14H2,1-2H3,(H,35,37)(H,33,34,36);3-7,10,13-15,17H,8-9,11-12H2,1-2H3,(H,36,37)(H,33,34,35). The molecule has 18 rings (SSSR count). The van der Waals surface area contributed by atoms with Crippen molar-refractivity contribution >= 4 is 50.6 Å². The van der Waals surface area contributed by atoms with Gasteiger partial charge in [0.2, 0.25) is 5.88 Å². The molecule has 10 aromatic heterocycles. The van der Waals surface area contributed by atoms with E-state index in [9.17, 15) is 39.5 Å². The highest BCUT2D eigenvalue weighted by atomic mass is 19.4. The maximum absolute atomic E-state index is 13.9. The van der Waals surface area contributed by atoms with Crippen LogP contribution in [0, 0.1) is 33.1 Å². The lowest BCUT2D eigenvalue weighted by molar-refractivity contribution is -0.140. The second-order valence-electron chi connectivity index (χ2n) is 29.3. The molecule has 0 aliphatic carbocycles. The number of hydrogen-bond donors (Lipinski definition) is 6. The second-order valence-corrected chi connectivity index (χ2v) is 29.3. The van der Waals surface area contributed by atoms with Gasteiger partial charge in [-0.05, 0) is 155 Å². The Morgan fingerprint density at radius 3 is 1.14 bits per heavy atom. The highest BCUT2D eigenvalue weighted by Gasteiger charge is 2.40. The van der Waals surface area contributed by atoms with Gasteiger partial charge in [0.1, 0.15) is 88.0 Å². The summed E-state index contributed by atoms with van der Waals surface area (Å²) >= 11 is 0. The minimum Gasteiger partial charge on any atom is -0.497 e. The van der Waals surface area contributed by atoms with Crippen LogP contribution in [0.3, 0.4) is 0 Å². The Labute approximate surface area is 665 Å². The van der Waals surface area contributed by atoms with E-state index in [-0.39, 0.29) is 23.4 Å². The number of imidazole rings is 3. The Hall–Kier alpha value is -13.3. The Bertz CT molecular complexity index is 6050. The predicted octanol–water partition coefficient (Wildman–Crippen LogP) is 19.6. The molecule has 3 fully saturated rings. The summed E-state index contributed by atoms with van der Waals surface area (Å²) in [5.74, 6) is 8.71. The van der Waals surface area contributed by atoms with Gasteiger partial charge in [0, 0.05) is 126 Å². The number of anilines is 3. The molecule has 3 aliphatic heterocycles. The molecule has 3 aliphatic rings. The zero-order chi connectivity index (χ0) is 81.4. The van der Waals surface area contributed by atoms with Crippen LogP contribution in [0.1, 0.15) is 113 Å². The fraction of sp³-hybridized carbons (Fsp3) is 0.264. The van der Waals surface area contributed by atoms with Crippen molar-refractivity contribution in [2.45, 2.75) is 95.6 Å². The van der Waals surface area contributed by atoms with E-state index in [2.05, 4.69) is 134 Å². The molecule has 0 unspecified atom stereocenters. The Balaban J connectivity index is 0.000000131. The molecule has 0 spiro atoms. The van der Waals surface area contributed by atoms with Crippen LogP contribution in [0.25, 0.3) is 101 Å². The minimum absolute atomic E-state index is 0.0994. The Morgan fingerprint density at radius 2 is 0.752 bits per heavy atom. The summed E-state index contributed by atoms with van der Waals surface area (Å²) in [7, 11) is 3.08. The van der Waals surface area contributed by atoms with E-state index < -0.39 is 35.3 Å². The Kier molecular flexibility index (Phi) is 21.3. The molecule has 3 saturated heterocycles. The first kappa shape index (κ1) is 77.6. The summed E-state index contributed by atoms with van der Waals surface area (Å²) in [5, 5.41) is 2.83. The number of nitrogens with zero attached hydrogens (tertiary/aromatic N) is 13. The van der Waals surface area contributed by atoms with E-state index in [1.165, 1.54) is 43.3 Å². The lowest BCUT2D eigenvalue weighted by Gasteiger charge is -2.32. The number of methoxy groups -OCH3 is 2. The predicted molar refractivity (Wildman–Crippen MR) is 431 cm³/mol. The quantitative estimate of drug-likeness (QED) is 0.0437. The van der Waals surface area contributed by atoms with Crippen molar-refractivity contribution in [2.75, 3.05) is 68.2 Å². The van der Waals surface area contributed by atoms with Gasteiger partial charge in [-0.1, -0.05) is 72.1 Å². The molecule has 0 atom stereocenters. The zero-order valence-electron chi connectivity index (χ0n) is 64.1. The normalized spacial score (nSPS) is 14.7. The molecule has 15 aromatic rings. The first-order chi connectivity index (χ1) is 56.4. The van der Waals surface area contributed by atoms with E-state index >= 15 is 0 Å². The van der Waals surface area contributed by atoms with E-state index in [0.29, 0.717) is 77.1 Å². The van der Waals surface area contributed by atoms with Gasteiger partial charge in [-0.15, -0.1) is 6.42 Å². The van der Waals surface area contributed by atoms with Crippen LogP contribution in [0.15, 0.2) is 177 Å². The van der Waals surface area contributed by atoms with Gasteiger partial charge in [-0.2, -0.15) is 39.5 Å². The average Bonchev–Trinajstić information content (AvgIpc) is 1.63. The summed E-state index contributed by atoms with van der Waals surface area (Å²) in [5.41, 5.74) is 12.7. The summed E-state index contributed by atoms with van der Waals surface area (Å²) in [6.45, 7) is 10.3. The van der Waals surface area contributed by atoms with Crippen molar-refractivity contribution in [3.8, 4) is 91.5 Å². The fourth-order valence-electron chi connectivity index (χ4n) is 15.6. The van der Waals surface area contributed by atoms with Gasteiger partial charge in [0.15, 0.2) is 0 Å². The van der Waals surface area contributed by atoms with Gasteiger partial charge in [-0.3, -0.25) is 0 Å². The van der Waals surface area contributed by atoms with E-state index in [1.54, 1.807) is 50.2 Å². The molecular formula is C87H78F9N19O2. The number of fused-ring (bicyclic) bond motifs is 3. The van der Waals surface area contributed by atoms with Crippen molar-refractivity contribution in [1.82, 2.24) is 79.7 Å². The molecule has 5 aromatic carbocycles.